The molecule has 136 valence electrons. The number of urea groups is 1. The number of hydrogen-bond acceptors (Lipinski definition) is 5. The molecule has 1 atom stereocenters. The van der Waals surface area contributed by atoms with Crippen LogP contribution < -0.4 is 20.9 Å². The fourth-order valence-electron chi connectivity index (χ4n) is 2.90. The number of nitrogens with one attached hydrogen (secondary N) is 2. The van der Waals surface area contributed by atoms with Crippen molar-refractivity contribution in [2.24, 2.45) is 0 Å². The van der Waals surface area contributed by atoms with Gasteiger partial charge in [-0.25, -0.2) is 4.79 Å². The van der Waals surface area contributed by atoms with Crippen LogP contribution in [0.15, 0.2) is 47.4 Å². The highest BCUT2D eigenvalue weighted by Crippen LogP contribution is 2.28. The summed E-state index contributed by atoms with van der Waals surface area (Å²) >= 11 is 0. The zero-order valence-corrected chi connectivity index (χ0v) is 14.4. The minimum absolute atomic E-state index is 0.0244. The number of rotatable bonds is 6. The van der Waals surface area contributed by atoms with E-state index >= 15 is 0 Å². The van der Waals surface area contributed by atoms with E-state index in [9.17, 15) is 14.4 Å². The van der Waals surface area contributed by atoms with Gasteiger partial charge in [-0.15, -0.1) is 0 Å². The number of hydrogen-bond donors (Lipinski definition) is 2. The van der Waals surface area contributed by atoms with Crippen LogP contribution in [0.2, 0.25) is 0 Å². The number of imide groups is 1. The summed E-state index contributed by atoms with van der Waals surface area (Å²) in [4.78, 5) is 36.8. The van der Waals surface area contributed by atoms with Gasteiger partial charge >= 0.3 is 6.03 Å². The molecule has 1 unspecified atom stereocenters. The maximum atomic E-state index is 12.6. The lowest BCUT2D eigenvalue weighted by Crippen LogP contribution is -2.49. The number of carbonyl (C=O) groups excluding carboxylic acids is 2. The van der Waals surface area contributed by atoms with Crippen molar-refractivity contribution in [3.8, 4) is 5.75 Å². The van der Waals surface area contributed by atoms with Crippen LogP contribution in [0, 0.1) is 6.92 Å². The molecular weight excluding hydrogens is 338 g/mol. The predicted octanol–water partition coefficient (Wildman–Crippen LogP) is 0.874. The summed E-state index contributed by atoms with van der Waals surface area (Å²) in [7, 11) is 1.52. The van der Waals surface area contributed by atoms with E-state index in [1.807, 2.05) is 0 Å². The Hall–Kier alpha value is -3.13. The molecule has 26 heavy (non-hydrogen) atoms. The summed E-state index contributed by atoms with van der Waals surface area (Å²) in [6.07, 6.45) is 1.59. The number of carbonyl (C=O) groups is 2. The Morgan fingerprint density at radius 2 is 1.85 bits per heavy atom. The van der Waals surface area contributed by atoms with E-state index in [2.05, 4.69) is 10.6 Å². The summed E-state index contributed by atoms with van der Waals surface area (Å²) in [5.41, 5.74) is -0.510. The average molecular weight is 357 g/mol. The van der Waals surface area contributed by atoms with Gasteiger partial charge in [0.15, 0.2) is 12.3 Å². The Morgan fingerprint density at radius 1 is 1.12 bits per heavy atom. The van der Waals surface area contributed by atoms with Crippen LogP contribution in [-0.4, -0.2) is 30.4 Å². The molecule has 2 aromatic rings. The van der Waals surface area contributed by atoms with Crippen molar-refractivity contribution in [1.29, 1.82) is 0 Å². The number of ether oxygens (including phenoxy) is 2. The number of methoxy groups -OCH3 is 1. The van der Waals surface area contributed by atoms with E-state index in [0.29, 0.717) is 16.9 Å². The van der Waals surface area contributed by atoms with Crippen LogP contribution in [0.25, 0.3) is 0 Å². The van der Waals surface area contributed by atoms with Crippen LogP contribution in [0.3, 0.4) is 0 Å². The topological polar surface area (TPSA) is 98.7 Å². The van der Waals surface area contributed by atoms with Gasteiger partial charge in [-0.2, -0.15) is 0 Å². The van der Waals surface area contributed by atoms with Crippen LogP contribution in [0.1, 0.15) is 11.1 Å². The molecule has 0 aliphatic carbocycles. The summed E-state index contributed by atoms with van der Waals surface area (Å²) in [6.45, 7) is 1.77. The first-order valence-corrected chi connectivity index (χ1v) is 7.98. The minimum atomic E-state index is -1.38. The van der Waals surface area contributed by atoms with Crippen LogP contribution in [-0.2, 0) is 21.6 Å². The molecule has 3 rings (SSSR count). The Balaban J connectivity index is 2.00. The standard InChI is InChI=1S/C18H19N3O5/c1-12-4-3-9-21(15(12)22)10-18(16(23)19-17(24)20-18)13-5-7-14(8-6-13)26-11-25-2/h3-9H,10-11H2,1-2H3,(H2,19,20,23,24). The number of pyridine rings is 1. The van der Waals surface area contributed by atoms with Gasteiger partial charge in [0.1, 0.15) is 5.75 Å². The lowest BCUT2D eigenvalue weighted by Gasteiger charge is -2.27. The van der Waals surface area contributed by atoms with Gasteiger partial charge in [-0.1, -0.05) is 18.2 Å². The lowest BCUT2D eigenvalue weighted by atomic mass is 9.89. The second-order valence-electron chi connectivity index (χ2n) is 6.01. The summed E-state index contributed by atoms with van der Waals surface area (Å²) < 4.78 is 11.6. The van der Waals surface area contributed by atoms with Gasteiger partial charge in [-0.05, 0) is 30.7 Å². The normalized spacial score (nSPS) is 19.2. The first kappa shape index (κ1) is 17.7. The molecule has 2 N–H and O–H groups in total. The Morgan fingerprint density at radius 3 is 2.46 bits per heavy atom. The molecule has 0 spiro atoms. The fraction of sp³-hybridized carbons (Fsp3) is 0.278. The molecule has 8 heteroatoms. The Labute approximate surface area is 149 Å². The van der Waals surface area contributed by atoms with Crippen LogP contribution in [0.4, 0.5) is 4.79 Å². The predicted molar refractivity (Wildman–Crippen MR) is 92.7 cm³/mol. The highest BCUT2D eigenvalue weighted by atomic mass is 16.7. The number of benzene rings is 1. The number of amides is 3. The first-order valence-electron chi connectivity index (χ1n) is 7.98. The van der Waals surface area contributed by atoms with Gasteiger partial charge in [-0.3, -0.25) is 14.9 Å². The molecule has 8 nitrogen and oxygen atoms in total. The summed E-state index contributed by atoms with van der Waals surface area (Å²) in [6, 6.07) is 9.52. The third-order valence-electron chi connectivity index (χ3n) is 4.25. The quantitative estimate of drug-likeness (QED) is 0.591. The molecule has 3 amide bonds. The minimum Gasteiger partial charge on any atom is -0.468 e. The monoisotopic (exact) mass is 357 g/mol. The zero-order chi connectivity index (χ0) is 18.7. The highest BCUT2D eigenvalue weighted by molar-refractivity contribution is 6.07. The molecule has 1 aliphatic heterocycles. The van der Waals surface area contributed by atoms with E-state index < -0.39 is 17.5 Å². The molecule has 1 aromatic heterocycles. The zero-order valence-electron chi connectivity index (χ0n) is 14.4. The second kappa shape index (κ2) is 7.01. The first-order chi connectivity index (χ1) is 12.5. The summed E-state index contributed by atoms with van der Waals surface area (Å²) in [5.74, 6) is 0.0460. The van der Waals surface area contributed by atoms with E-state index in [1.54, 1.807) is 49.5 Å². The molecule has 2 heterocycles. The van der Waals surface area contributed by atoms with Gasteiger partial charge in [0.05, 0.1) is 6.54 Å². The molecule has 0 radical (unpaired) electrons. The summed E-state index contributed by atoms with van der Waals surface area (Å²) in [5, 5.41) is 4.92. The lowest BCUT2D eigenvalue weighted by molar-refractivity contribution is -0.124. The second-order valence-corrected chi connectivity index (χ2v) is 6.01. The molecular formula is C18H19N3O5. The molecule has 0 saturated carbocycles. The van der Waals surface area contributed by atoms with Crippen molar-refractivity contribution >= 4 is 11.9 Å². The number of nitrogens with zero attached hydrogens (tertiary/aromatic N) is 1. The fourth-order valence-corrected chi connectivity index (χ4v) is 2.90. The van der Waals surface area contributed by atoms with Crippen molar-refractivity contribution in [3.05, 3.63) is 64.1 Å². The van der Waals surface area contributed by atoms with Gasteiger partial charge < -0.3 is 19.4 Å². The van der Waals surface area contributed by atoms with E-state index in [1.165, 1.54) is 11.7 Å². The van der Waals surface area contributed by atoms with Gasteiger partial charge in [0.2, 0.25) is 0 Å². The van der Waals surface area contributed by atoms with E-state index in [-0.39, 0.29) is 18.9 Å². The average Bonchev–Trinajstić information content (AvgIpc) is 2.92. The molecule has 0 bridgehead atoms. The molecule has 1 fully saturated rings. The number of aryl methyl sites for hydroxylation is 1. The third kappa shape index (κ3) is 3.18. The van der Waals surface area contributed by atoms with Gasteiger partial charge in [0, 0.05) is 18.9 Å². The SMILES string of the molecule is COCOc1ccc(C2(Cn3cccc(C)c3=O)NC(=O)NC2=O)cc1. The molecule has 1 aromatic carbocycles. The van der Waals surface area contributed by atoms with E-state index in [4.69, 9.17) is 9.47 Å². The van der Waals surface area contributed by atoms with Gasteiger partial charge in [0.25, 0.3) is 11.5 Å². The van der Waals surface area contributed by atoms with Crippen LogP contribution >= 0.6 is 0 Å². The maximum Gasteiger partial charge on any atom is 0.322 e. The molecule has 1 saturated heterocycles. The Kier molecular flexibility index (Phi) is 4.77. The maximum absolute atomic E-state index is 12.6. The highest BCUT2D eigenvalue weighted by Gasteiger charge is 2.48. The number of aromatic nitrogens is 1. The third-order valence-corrected chi connectivity index (χ3v) is 4.25. The van der Waals surface area contributed by atoms with Crippen molar-refractivity contribution in [2.75, 3.05) is 13.9 Å². The Bertz CT molecular complexity index is 890. The molecule has 1 aliphatic rings. The van der Waals surface area contributed by atoms with Crippen molar-refractivity contribution in [2.45, 2.75) is 19.0 Å². The van der Waals surface area contributed by atoms with E-state index in [0.717, 1.165) is 0 Å². The van der Waals surface area contributed by atoms with Crippen LogP contribution in [0.5, 0.6) is 5.75 Å². The van der Waals surface area contributed by atoms with Crippen molar-refractivity contribution in [1.82, 2.24) is 15.2 Å². The van der Waals surface area contributed by atoms with Crippen molar-refractivity contribution < 1.29 is 19.1 Å². The smallest absolute Gasteiger partial charge is 0.322 e. The van der Waals surface area contributed by atoms with Crippen molar-refractivity contribution in [3.63, 3.8) is 0 Å². The largest absolute Gasteiger partial charge is 0.468 e.